The molecule has 6 nitrogen and oxygen atoms in total. The number of nitrogens with zero attached hydrogens (tertiary/aromatic N) is 1. The first-order valence-corrected chi connectivity index (χ1v) is 7.47. The molecule has 1 aromatic heterocycles. The number of benzene rings is 2. The minimum Gasteiger partial charge on any atom is -0.506 e. The van der Waals surface area contributed by atoms with Crippen LogP contribution in [0.3, 0.4) is 0 Å². The smallest absolute Gasteiger partial charge is 0.326 e. The minimum absolute atomic E-state index is 0.0177. The Hall–Kier alpha value is -3.28. The Labute approximate surface area is 138 Å². The molecule has 0 saturated heterocycles. The van der Waals surface area contributed by atoms with Gasteiger partial charge in [-0.2, -0.15) is 0 Å². The van der Waals surface area contributed by atoms with Gasteiger partial charge in [-0.05, 0) is 30.2 Å². The lowest BCUT2D eigenvalue weighted by molar-refractivity contribution is 0.101. The Morgan fingerprint density at radius 3 is 2.67 bits per heavy atom. The number of hydrogen-bond acceptors (Lipinski definition) is 3. The van der Waals surface area contributed by atoms with Crippen molar-refractivity contribution in [1.82, 2.24) is 9.55 Å². The summed E-state index contributed by atoms with van der Waals surface area (Å²) in [5.74, 6) is -0.487. The van der Waals surface area contributed by atoms with Crippen molar-refractivity contribution in [3.05, 3.63) is 82.0 Å². The zero-order valence-corrected chi connectivity index (χ0v) is 13.1. The van der Waals surface area contributed by atoms with E-state index in [0.29, 0.717) is 5.69 Å². The molecule has 0 spiro atoms. The third-order valence-corrected chi connectivity index (χ3v) is 3.69. The molecule has 0 radical (unpaired) electrons. The summed E-state index contributed by atoms with van der Waals surface area (Å²) >= 11 is 0. The topological polar surface area (TPSA) is 87.1 Å². The highest BCUT2D eigenvalue weighted by atomic mass is 16.3. The lowest BCUT2D eigenvalue weighted by Gasteiger charge is -2.10. The van der Waals surface area contributed by atoms with Crippen molar-refractivity contribution in [2.45, 2.75) is 13.5 Å². The van der Waals surface area contributed by atoms with Gasteiger partial charge in [-0.1, -0.05) is 36.4 Å². The number of anilines is 1. The molecule has 24 heavy (non-hydrogen) atoms. The first-order valence-electron chi connectivity index (χ1n) is 7.47. The molecule has 0 aliphatic carbocycles. The fourth-order valence-electron chi connectivity index (χ4n) is 2.44. The van der Waals surface area contributed by atoms with Crippen molar-refractivity contribution < 1.29 is 9.90 Å². The van der Waals surface area contributed by atoms with Crippen molar-refractivity contribution in [1.29, 1.82) is 0 Å². The predicted octanol–water partition coefficient (Wildman–Crippen LogP) is 2.49. The van der Waals surface area contributed by atoms with Gasteiger partial charge in [0.15, 0.2) is 0 Å². The van der Waals surface area contributed by atoms with Crippen LogP contribution in [0.4, 0.5) is 5.69 Å². The Morgan fingerprint density at radius 2 is 1.96 bits per heavy atom. The molecule has 0 fully saturated rings. The number of rotatable bonds is 4. The van der Waals surface area contributed by atoms with E-state index in [0.717, 1.165) is 11.1 Å². The van der Waals surface area contributed by atoms with E-state index < -0.39 is 5.91 Å². The van der Waals surface area contributed by atoms with Crippen molar-refractivity contribution >= 4 is 11.6 Å². The first-order chi connectivity index (χ1) is 11.5. The zero-order chi connectivity index (χ0) is 17.1. The molecule has 3 rings (SSSR count). The second-order valence-electron chi connectivity index (χ2n) is 5.53. The van der Waals surface area contributed by atoms with E-state index in [-0.39, 0.29) is 23.7 Å². The van der Waals surface area contributed by atoms with E-state index in [1.165, 1.54) is 10.8 Å². The average Bonchev–Trinajstić information content (AvgIpc) is 2.92. The van der Waals surface area contributed by atoms with E-state index in [1.807, 2.05) is 37.3 Å². The maximum absolute atomic E-state index is 12.5. The summed E-state index contributed by atoms with van der Waals surface area (Å²) in [6, 6.07) is 14.4. The first kappa shape index (κ1) is 15.6. The highest BCUT2D eigenvalue weighted by Crippen LogP contribution is 2.24. The molecule has 3 N–H and O–H groups in total. The summed E-state index contributed by atoms with van der Waals surface area (Å²) in [7, 11) is 0. The lowest BCUT2D eigenvalue weighted by atomic mass is 10.2. The van der Waals surface area contributed by atoms with Gasteiger partial charge in [0.25, 0.3) is 5.91 Å². The summed E-state index contributed by atoms with van der Waals surface area (Å²) in [5, 5.41) is 12.5. The molecule has 3 aromatic rings. The van der Waals surface area contributed by atoms with Crippen LogP contribution in [0.1, 0.15) is 21.6 Å². The van der Waals surface area contributed by atoms with E-state index in [2.05, 4.69) is 10.3 Å². The number of H-pyrrole nitrogens is 1. The number of phenols is 1. The summed E-state index contributed by atoms with van der Waals surface area (Å²) in [4.78, 5) is 27.0. The third-order valence-electron chi connectivity index (χ3n) is 3.69. The number of aryl methyl sites for hydroxylation is 1. The molecular weight excluding hydrogens is 306 g/mol. The van der Waals surface area contributed by atoms with Crippen molar-refractivity contribution in [3.8, 4) is 5.75 Å². The van der Waals surface area contributed by atoms with Crippen LogP contribution in [0, 0.1) is 6.92 Å². The second-order valence-corrected chi connectivity index (χ2v) is 5.53. The molecule has 0 bridgehead atoms. The standard InChI is InChI=1S/C18H17N3O3/c1-12-7-8-14(16(22)9-12)20-17(23)15-10-19-18(24)21(15)11-13-5-3-2-4-6-13/h2-10,22H,11H2,1H3,(H,19,24)(H,20,23). The monoisotopic (exact) mass is 323 g/mol. The van der Waals surface area contributed by atoms with E-state index in [9.17, 15) is 14.7 Å². The zero-order valence-electron chi connectivity index (χ0n) is 13.1. The number of amides is 1. The van der Waals surface area contributed by atoms with E-state index in [1.54, 1.807) is 18.2 Å². The molecule has 0 aliphatic rings. The van der Waals surface area contributed by atoms with Gasteiger partial charge in [-0.25, -0.2) is 4.79 Å². The maximum Gasteiger partial charge on any atom is 0.326 e. The molecule has 1 amide bonds. The van der Waals surface area contributed by atoms with E-state index in [4.69, 9.17) is 0 Å². The highest BCUT2D eigenvalue weighted by Gasteiger charge is 2.16. The van der Waals surface area contributed by atoms with Gasteiger partial charge in [0.2, 0.25) is 0 Å². The number of aromatic nitrogens is 2. The number of carbonyl (C=O) groups excluding carboxylic acids is 1. The number of aromatic amines is 1. The molecular formula is C18H17N3O3. The van der Waals surface area contributed by atoms with Crippen LogP contribution in [0.15, 0.2) is 59.5 Å². The normalized spacial score (nSPS) is 10.5. The van der Waals surface area contributed by atoms with Crippen molar-refractivity contribution in [2.24, 2.45) is 0 Å². The molecule has 6 heteroatoms. The van der Waals surface area contributed by atoms with Crippen LogP contribution in [-0.4, -0.2) is 20.6 Å². The van der Waals surface area contributed by atoms with Gasteiger partial charge < -0.3 is 15.4 Å². The van der Waals surface area contributed by atoms with Crippen LogP contribution in [0.2, 0.25) is 0 Å². The van der Waals surface area contributed by atoms with Gasteiger partial charge >= 0.3 is 5.69 Å². The van der Waals surface area contributed by atoms with E-state index >= 15 is 0 Å². The fraction of sp³-hybridized carbons (Fsp3) is 0.111. The Bertz CT molecular complexity index is 926. The Morgan fingerprint density at radius 1 is 1.21 bits per heavy atom. The molecule has 122 valence electrons. The molecule has 0 saturated carbocycles. The highest BCUT2D eigenvalue weighted by molar-refractivity contribution is 6.03. The lowest BCUT2D eigenvalue weighted by Crippen LogP contribution is -2.24. The Kier molecular flexibility index (Phi) is 4.20. The van der Waals surface area contributed by atoms with Crippen molar-refractivity contribution in [2.75, 3.05) is 5.32 Å². The molecule has 1 heterocycles. The summed E-state index contributed by atoms with van der Waals surface area (Å²) in [6.07, 6.45) is 1.37. The number of phenolic OH excluding ortho intramolecular Hbond substituents is 1. The second kappa shape index (κ2) is 6.45. The molecule has 0 atom stereocenters. The summed E-state index contributed by atoms with van der Waals surface area (Å²) in [5.41, 5.74) is 1.92. The number of carbonyl (C=O) groups is 1. The summed E-state index contributed by atoms with van der Waals surface area (Å²) < 4.78 is 1.36. The fourth-order valence-corrected chi connectivity index (χ4v) is 2.44. The van der Waals surface area contributed by atoms with Crippen LogP contribution in [0.5, 0.6) is 5.75 Å². The largest absolute Gasteiger partial charge is 0.506 e. The number of nitrogens with one attached hydrogen (secondary N) is 2. The third kappa shape index (κ3) is 3.22. The van der Waals surface area contributed by atoms with Gasteiger partial charge in [0.1, 0.15) is 11.4 Å². The van der Waals surface area contributed by atoms with Gasteiger partial charge in [-0.3, -0.25) is 9.36 Å². The quantitative estimate of drug-likeness (QED) is 0.645. The molecule has 2 aromatic carbocycles. The molecule has 0 aliphatic heterocycles. The summed E-state index contributed by atoms with van der Waals surface area (Å²) in [6.45, 7) is 2.13. The maximum atomic E-state index is 12.5. The minimum atomic E-state index is -0.469. The van der Waals surface area contributed by atoms with Crippen LogP contribution >= 0.6 is 0 Å². The van der Waals surface area contributed by atoms with Gasteiger partial charge in [0.05, 0.1) is 12.2 Å². The number of aromatic hydroxyl groups is 1. The predicted molar refractivity (Wildman–Crippen MR) is 91.4 cm³/mol. The van der Waals surface area contributed by atoms with Crippen molar-refractivity contribution in [3.63, 3.8) is 0 Å². The molecule has 0 unspecified atom stereocenters. The SMILES string of the molecule is Cc1ccc(NC(=O)c2c[nH]c(=O)n2Cc2ccccc2)c(O)c1. The van der Waals surface area contributed by atoms with Gasteiger partial charge in [-0.15, -0.1) is 0 Å². The van der Waals surface area contributed by atoms with Crippen LogP contribution < -0.4 is 11.0 Å². The van der Waals surface area contributed by atoms with Gasteiger partial charge in [0, 0.05) is 6.20 Å². The number of imidazole rings is 1. The van der Waals surface area contributed by atoms with Crippen LogP contribution in [-0.2, 0) is 6.54 Å². The Balaban J connectivity index is 1.87. The van der Waals surface area contributed by atoms with Crippen LogP contribution in [0.25, 0.3) is 0 Å². The average molecular weight is 323 g/mol. The number of hydrogen-bond donors (Lipinski definition) is 3.